The third-order valence-electron chi connectivity index (χ3n) is 4.94. The maximum Gasteiger partial charge on any atom is 0.158 e. The highest BCUT2D eigenvalue weighted by Gasteiger charge is 2.19. The third kappa shape index (κ3) is 3.04. The summed E-state index contributed by atoms with van der Waals surface area (Å²) < 4.78 is 7.46. The molecule has 0 spiro atoms. The van der Waals surface area contributed by atoms with E-state index in [0.717, 1.165) is 58.2 Å². The molecule has 0 radical (unpaired) electrons. The molecule has 5 rings (SSSR count). The molecule has 0 unspecified atom stereocenters. The predicted octanol–water partition coefficient (Wildman–Crippen LogP) is 3.65. The fourth-order valence-electron chi connectivity index (χ4n) is 3.64. The van der Waals surface area contributed by atoms with E-state index in [0.29, 0.717) is 19.0 Å². The van der Waals surface area contributed by atoms with E-state index in [2.05, 4.69) is 42.6 Å². The third-order valence-corrected chi connectivity index (χ3v) is 5.81. The minimum atomic E-state index is 0.378. The normalized spacial score (nSPS) is 13.2. The van der Waals surface area contributed by atoms with E-state index in [4.69, 9.17) is 9.72 Å². The van der Waals surface area contributed by atoms with Crippen molar-refractivity contribution < 1.29 is 4.74 Å². The van der Waals surface area contributed by atoms with Crippen molar-refractivity contribution in [3.8, 4) is 11.1 Å². The van der Waals surface area contributed by atoms with Crippen molar-refractivity contribution in [2.45, 2.75) is 32.5 Å². The molecule has 4 heterocycles. The van der Waals surface area contributed by atoms with Gasteiger partial charge in [-0.15, -0.1) is 21.5 Å². The van der Waals surface area contributed by atoms with Crippen LogP contribution in [-0.4, -0.2) is 31.8 Å². The zero-order chi connectivity index (χ0) is 18.9. The van der Waals surface area contributed by atoms with Crippen LogP contribution in [0.5, 0.6) is 0 Å². The van der Waals surface area contributed by atoms with Gasteiger partial charge < -0.3 is 14.6 Å². The number of thiophene rings is 1. The van der Waals surface area contributed by atoms with Crippen molar-refractivity contribution in [3.05, 3.63) is 53.2 Å². The van der Waals surface area contributed by atoms with Gasteiger partial charge in [0.05, 0.1) is 11.9 Å². The summed E-state index contributed by atoms with van der Waals surface area (Å²) in [7, 11) is 1.66. The van der Waals surface area contributed by atoms with E-state index >= 15 is 0 Å². The van der Waals surface area contributed by atoms with Crippen LogP contribution in [0.4, 0.5) is 5.82 Å². The van der Waals surface area contributed by atoms with Crippen LogP contribution in [0.2, 0.25) is 0 Å². The fraction of sp³-hybridized carbons (Fsp3) is 0.300. The van der Waals surface area contributed by atoms with Crippen LogP contribution in [0.1, 0.15) is 23.9 Å². The number of rotatable bonds is 6. The molecule has 0 amide bonds. The summed E-state index contributed by atoms with van der Waals surface area (Å²) in [5.74, 6) is 3.51. The molecule has 0 saturated carbocycles. The molecule has 7 nitrogen and oxygen atoms in total. The van der Waals surface area contributed by atoms with Crippen molar-refractivity contribution in [1.29, 1.82) is 0 Å². The molecule has 1 N–H and O–H groups in total. The summed E-state index contributed by atoms with van der Waals surface area (Å²) in [5.41, 5.74) is 2.29. The summed E-state index contributed by atoms with van der Waals surface area (Å²) in [4.78, 5) is 10.4. The van der Waals surface area contributed by atoms with Crippen molar-refractivity contribution >= 4 is 27.4 Å². The van der Waals surface area contributed by atoms with Gasteiger partial charge in [0.15, 0.2) is 11.6 Å². The number of anilines is 1. The number of nitrogens with one attached hydrogen (secondary N) is 1. The van der Waals surface area contributed by atoms with Crippen LogP contribution >= 0.6 is 11.3 Å². The van der Waals surface area contributed by atoms with Crippen molar-refractivity contribution in [2.24, 2.45) is 0 Å². The van der Waals surface area contributed by atoms with Crippen LogP contribution in [-0.2, 0) is 30.9 Å². The predicted molar refractivity (Wildman–Crippen MR) is 109 cm³/mol. The minimum absolute atomic E-state index is 0.378. The van der Waals surface area contributed by atoms with Gasteiger partial charge in [0.25, 0.3) is 0 Å². The van der Waals surface area contributed by atoms with Crippen molar-refractivity contribution in [3.63, 3.8) is 0 Å². The van der Waals surface area contributed by atoms with Crippen LogP contribution in [0.3, 0.4) is 0 Å². The van der Waals surface area contributed by atoms with E-state index in [9.17, 15) is 0 Å². The summed E-state index contributed by atoms with van der Waals surface area (Å²) in [6.45, 7) is 1.94. The Balaban J connectivity index is 1.55. The lowest BCUT2D eigenvalue weighted by atomic mass is 10.1. The molecule has 142 valence electrons. The number of methoxy groups -OCH3 is 1. The van der Waals surface area contributed by atoms with Gasteiger partial charge in [-0.1, -0.05) is 30.3 Å². The zero-order valence-corrected chi connectivity index (χ0v) is 16.4. The Labute approximate surface area is 166 Å². The van der Waals surface area contributed by atoms with E-state index in [1.807, 2.05) is 18.2 Å². The molecule has 0 saturated heterocycles. The second-order valence-electron chi connectivity index (χ2n) is 6.76. The number of hydrogen-bond acceptors (Lipinski definition) is 7. The Morgan fingerprint density at radius 1 is 1.18 bits per heavy atom. The molecule has 1 aliphatic rings. The number of fused-ring (bicyclic) bond motifs is 2. The first-order chi connectivity index (χ1) is 13.8. The summed E-state index contributed by atoms with van der Waals surface area (Å²) in [6, 6.07) is 10.3. The molecule has 0 atom stereocenters. The number of benzene rings is 1. The lowest BCUT2D eigenvalue weighted by molar-refractivity contribution is 0.178. The number of aryl methyl sites for hydroxylation is 1. The number of ether oxygens (including phenoxy) is 1. The molecule has 8 heteroatoms. The first-order valence-corrected chi connectivity index (χ1v) is 10.2. The molecular formula is C20H20N6OS. The SMILES string of the molecule is COCc1nc(NCc2nnc3n2CCC3)c2c(-c3ccccc3)csc2n1. The Morgan fingerprint density at radius 3 is 2.93 bits per heavy atom. The van der Waals surface area contributed by atoms with Gasteiger partial charge in [0.2, 0.25) is 0 Å². The van der Waals surface area contributed by atoms with Crippen molar-refractivity contribution in [2.75, 3.05) is 12.4 Å². The molecule has 1 aliphatic heterocycles. The second-order valence-corrected chi connectivity index (χ2v) is 7.62. The zero-order valence-electron chi connectivity index (χ0n) is 15.6. The first-order valence-electron chi connectivity index (χ1n) is 9.31. The summed E-state index contributed by atoms with van der Waals surface area (Å²) in [5, 5.41) is 15.3. The van der Waals surface area contributed by atoms with Gasteiger partial charge in [-0.2, -0.15) is 0 Å². The molecule has 0 aliphatic carbocycles. The number of nitrogens with zero attached hydrogens (tertiary/aromatic N) is 5. The first kappa shape index (κ1) is 17.3. The number of aromatic nitrogens is 5. The van der Waals surface area contributed by atoms with Crippen LogP contribution in [0.15, 0.2) is 35.7 Å². The minimum Gasteiger partial charge on any atom is -0.377 e. The topological polar surface area (TPSA) is 77.8 Å². The lowest BCUT2D eigenvalue weighted by Gasteiger charge is -2.11. The van der Waals surface area contributed by atoms with Crippen molar-refractivity contribution in [1.82, 2.24) is 24.7 Å². The maximum absolute atomic E-state index is 5.26. The van der Waals surface area contributed by atoms with E-state index in [1.54, 1.807) is 18.4 Å². The molecule has 0 bridgehead atoms. The average molecular weight is 392 g/mol. The van der Waals surface area contributed by atoms with Gasteiger partial charge >= 0.3 is 0 Å². The smallest absolute Gasteiger partial charge is 0.158 e. The average Bonchev–Trinajstić information content (AvgIpc) is 3.43. The highest BCUT2D eigenvalue weighted by molar-refractivity contribution is 7.17. The molecule has 1 aromatic carbocycles. The molecule has 0 fully saturated rings. The van der Waals surface area contributed by atoms with E-state index in [1.165, 1.54) is 0 Å². The molecular weight excluding hydrogens is 372 g/mol. The Bertz CT molecular complexity index is 1120. The summed E-state index contributed by atoms with van der Waals surface area (Å²) >= 11 is 1.63. The highest BCUT2D eigenvalue weighted by atomic mass is 32.1. The van der Waals surface area contributed by atoms with Crippen LogP contribution < -0.4 is 5.32 Å². The van der Waals surface area contributed by atoms with Gasteiger partial charge in [-0.3, -0.25) is 0 Å². The Kier molecular flexibility index (Phi) is 4.50. The summed E-state index contributed by atoms with van der Waals surface area (Å²) in [6.07, 6.45) is 2.14. The molecule has 4 aromatic rings. The Hall–Kier alpha value is -2.84. The standard InChI is InChI=1S/C20H20N6OS/c1-27-11-15-22-19(21-10-17-25-24-16-8-5-9-26(16)17)18-14(12-28-20(18)23-15)13-6-3-2-4-7-13/h2-4,6-7,12H,5,8-11H2,1H3,(H,21,22,23). The van der Waals surface area contributed by atoms with E-state index < -0.39 is 0 Å². The largest absolute Gasteiger partial charge is 0.377 e. The van der Waals surface area contributed by atoms with Crippen LogP contribution in [0.25, 0.3) is 21.3 Å². The quantitative estimate of drug-likeness (QED) is 0.540. The van der Waals surface area contributed by atoms with Gasteiger partial charge in [-0.05, 0) is 12.0 Å². The Morgan fingerprint density at radius 2 is 2.07 bits per heavy atom. The molecule has 28 heavy (non-hydrogen) atoms. The lowest BCUT2D eigenvalue weighted by Crippen LogP contribution is -2.10. The number of hydrogen-bond donors (Lipinski definition) is 1. The fourth-order valence-corrected chi connectivity index (χ4v) is 4.61. The molecule has 3 aromatic heterocycles. The van der Waals surface area contributed by atoms with Gasteiger partial charge in [0, 0.05) is 31.0 Å². The monoisotopic (exact) mass is 392 g/mol. The van der Waals surface area contributed by atoms with Crippen LogP contribution in [0, 0.1) is 0 Å². The van der Waals surface area contributed by atoms with E-state index in [-0.39, 0.29) is 0 Å². The second kappa shape index (κ2) is 7.29. The van der Waals surface area contributed by atoms with Gasteiger partial charge in [0.1, 0.15) is 23.1 Å². The highest BCUT2D eigenvalue weighted by Crippen LogP contribution is 2.37. The van der Waals surface area contributed by atoms with Gasteiger partial charge in [-0.25, -0.2) is 9.97 Å². The maximum atomic E-state index is 5.26.